The average Bonchev–Trinajstić information content (AvgIpc) is 2.45. The number of sulfonamides is 1. The van der Waals surface area contributed by atoms with Gasteiger partial charge in [-0.1, -0.05) is 13.8 Å². The molecule has 0 bridgehead atoms. The van der Waals surface area contributed by atoms with Gasteiger partial charge in [-0.3, -0.25) is 0 Å². The van der Waals surface area contributed by atoms with Crippen molar-refractivity contribution in [1.29, 1.82) is 0 Å². The molecular weight excluding hydrogens is 294 g/mol. The smallest absolute Gasteiger partial charge is 0.243 e. The molecule has 0 aromatic carbocycles. The zero-order chi connectivity index (χ0) is 14.6. The van der Waals surface area contributed by atoms with Crippen LogP contribution in [-0.2, 0) is 10.0 Å². The first-order valence-corrected chi connectivity index (χ1v) is 9.34. The van der Waals surface area contributed by atoms with Crippen molar-refractivity contribution in [1.82, 2.24) is 9.29 Å². The van der Waals surface area contributed by atoms with Gasteiger partial charge in [-0.25, -0.2) is 13.4 Å². The van der Waals surface area contributed by atoms with Crippen LogP contribution in [0.1, 0.15) is 20.3 Å². The van der Waals surface area contributed by atoms with E-state index >= 15 is 0 Å². The van der Waals surface area contributed by atoms with E-state index in [1.807, 2.05) is 11.8 Å². The summed E-state index contributed by atoms with van der Waals surface area (Å²) >= 11 is 1.82. The summed E-state index contributed by atoms with van der Waals surface area (Å²) in [4.78, 5) is 4.48. The second-order valence-corrected chi connectivity index (χ2v) is 8.33. The van der Waals surface area contributed by atoms with Gasteiger partial charge in [0.1, 0.15) is 5.82 Å². The quantitative estimate of drug-likeness (QED) is 0.901. The third kappa shape index (κ3) is 3.65. The highest BCUT2D eigenvalue weighted by Gasteiger charge is 2.29. The number of nitrogens with one attached hydrogen (secondary N) is 1. The van der Waals surface area contributed by atoms with Gasteiger partial charge in [0.25, 0.3) is 0 Å². The van der Waals surface area contributed by atoms with Crippen LogP contribution in [0.2, 0.25) is 0 Å². The van der Waals surface area contributed by atoms with Crippen LogP contribution in [0.15, 0.2) is 23.2 Å². The van der Waals surface area contributed by atoms with Crippen molar-refractivity contribution in [2.45, 2.75) is 30.4 Å². The lowest BCUT2D eigenvalue weighted by molar-refractivity contribution is 0.424. The molecule has 2 rings (SSSR count). The van der Waals surface area contributed by atoms with E-state index in [-0.39, 0.29) is 0 Å². The third-order valence-corrected chi connectivity index (χ3v) is 6.13. The van der Waals surface area contributed by atoms with Crippen LogP contribution in [-0.4, -0.2) is 48.3 Å². The van der Waals surface area contributed by atoms with E-state index in [4.69, 9.17) is 0 Å². The number of thioether (sulfide) groups is 1. The fourth-order valence-corrected chi connectivity index (χ4v) is 4.84. The van der Waals surface area contributed by atoms with E-state index < -0.39 is 10.0 Å². The van der Waals surface area contributed by atoms with Crippen LogP contribution >= 0.6 is 11.8 Å². The highest BCUT2D eigenvalue weighted by atomic mass is 32.2. The van der Waals surface area contributed by atoms with E-state index in [1.165, 1.54) is 0 Å². The minimum absolute atomic E-state index is 0.324. The van der Waals surface area contributed by atoms with Crippen molar-refractivity contribution >= 4 is 27.6 Å². The number of hydrogen-bond donors (Lipinski definition) is 1. The Morgan fingerprint density at radius 1 is 1.55 bits per heavy atom. The molecule has 7 heteroatoms. The third-order valence-electron chi connectivity index (χ3n) is 3.13. The van der Waals surface area contributed by atoms with Gasteiger partial charge in [0, 0.05) is 42.9 Å². The zero-order valence-electron chi connectivity index (χ0n) is 11.9. The van der Waals surface area contributed by atoms with Crippen molar-refractivity contribution in [2.24, 2.45) is 0 Å². The van der Waals surface area contributed by atoms with E-state index in [0.29, 0.717) is 29.1 Å². The largest absolute Gasteiger partial charge is 0.370 e. The molecule has 1 aromatic rings. The molecule has 1 atom stereocenters. The highest BCUT2D eigenvalue weighted by Crippen LogP contribution is 2.24. The summed E-state index contributed by atoms with van der Waals surface area (Å²) in [5.74, 6) is 1.47. The second-order valence-electron chi connectivity index (χ2n) is 4.85. The number of aromatic nitrogens is 1. The Balaban J connectivity index is 2.20. The normalized spacial score (nSPS) is 20.8. The summed E-state index contributed by atoms with van der Waals surface area (Å²) in [5.41, 5.74) is 0. The Morgan fingerprint density at radius 2 is 2.35 bits per heavy atom. The summed E-state index contributed by atoms with van der Waals surface area (Å²) in [6, 6.07) is 3.19. The molecule has 1 aliphatic heterocycles. The van der Waals surface area contributed by atoms with Crippen molar-refractivity contribution < 1.29 is 8.42 Å². The maximum absolute atomic E-state index is 12.6. The maximum atomic E-state index is 12.6. The van der Waals surface area contributed by atoms with Crippen LogP contribution in [0.5, 0.6) is 0 Å². The van der Waals surface area contributed by atoms with Gasteiger partial charge >= 0.3 is 0 Å². The Hall–Kier alpha value is -0.790. The Kier molecular flexibility index (Phi) is 5.29. The van der Waals surface area contributed by atoms with E-state index in [2.05, 4.69) is 24.1 Å². The van der Waals surface area contributed by atoms with Crippen molar-refractivity contribution in [3.8, 4) is 0 Å². The molecular formula is C13H21N3O2S2. The Bertz CT molecular complexity index is 548. The average molecular weight is 315 g/mol. The molecule has 0 amide bonds. The van der Waals surface area contributed by atoms with Crippen LogP contribution in [0.4, 0.5) is 5.82 Å². The Morgan fingerprint density at radius 3 is 3.05 bits per heavy atom. The summed E-state index contributed by atoms with van der Waals surface area (Å²) in [5, 5.41) is 3.47. The molecule has 5 nitrogen and oxygen atoms in total. The number of nitrogens with zero attached hydrogens (tertiary/aromatic N) is 2. The lowest BCUT2D eigenvalue weighted by Crippen LogP contribution is -2.40. The molecule has 0 spiro atoms. The summed E-state index contributed by atoms with van der Waals surface area (Å²) in [7, 11) is -3.40. The Labute approximate surface area is 125 Å². The van der Waals surface area contributed by atoms with E-state index in [0.717, 1.165) is 18.7 Å². The summed E-state index contributed by atoms with van der Waals surface area (Å²) < 4.78 is 26.8. The van der Waals surface area contributed by atoms with Gasteiger partial charge in [-0.2, -0.15) is 16.1 Å². The number of hydrogen-bond acceptors (Lipinski definition) is 5. The molecule has 0 saturated carbocycles. The summed E-state index contributed by atoms with van der Waals surface area (Å²) in [6.07, 6.45) is 2.52. The van der Waals surface area contributed by atoms with Gasteiger partial charge < -0.3 is 5.32 Å². The van der Waals surface area contributed by atoms with Crippen LogP contribution in [0.3, 0.4) is 0 Å². The number of anilines is 1. The first kappa shape index (κ1) is 15.6. The molecule has 1 fully saturated rings. The molecule has 1 unspecified atom stereocenters. The van der Waals surface area contributed by atoms with Crippen molar-refractivity contribution in [3.05, 3.63) is 18.3 Å². The first-order valence-electron chi connectivity index (χ1n) is 6.85. The van der Waals surface area contributed by atoms with Gasteiger partial charge in [-0.05, 0) is 12.5 Å². The van der Waals surface area contributed by atoms with Crippen LogP contribution < -0.4 is 5.32 Å². The lowest BCUT2D eigenvalue weighted by Gasteiger charge is -2.29. The van der Waals surface area contributed by atoms with Crippen LogP contribution in [0.25, 0.3) is 0 Å². The second kappa shape index (κ2) is 6.78. The molecule has 1 N–H and O–H groups in total. The lowest BCUT2D eigenvalue weighted by atomic mass is 10.4. The fourth-order valence-electron chi connectivity index (χ4n) is 2.08. The molecule has 112 valence electrons. The molecule has 1 saturated heterocycles. The van der Waals surface area contributed by atoms with Crippen molar-refractivity contribution in [2.75, 3.05) is 30.7 Å². The first-order chi connectivity index (χ1) is 9.54. The molecule has 1 aromatic heterocycles. The fraction of sp³-hybridized carbons (Fsp3) is 0.615. The molecule has 0 radical (unpaired) electrons. The predicted molar refractivity (Wildman–Crippen MR) is 83.7 cm³/mol. The van der Waals surface area contributed by atoms with Gasteiger partial charge in [0.2, 0.25) is 10.0 Å². The monoisotopic (exact) mass is 315 g/mol. The molecule has 1 aliphatic rings. The van der Waals surface area contributed by atoms with Crippen LogP contribution in [0, 0.1) is 0 Å². The van der Waals surface area contributed by atoms with Crippen molar-refractivity contribution in [3.63, 3.8) is 0 Å². The highest BCUT2D eigenvalue weighted by molar-refractivity contribution is 8.00. The molecule has 20 heavy (non-hydrogen) atoms. The number of pyridine rings is 1. The van der Waals surface area contributed by atoms with Gasteiger partial charge in [0.15, 0.2) is 0 Å². The van der Waals surface area contributed by atoms with E-state index in [9.17, 15) is 8.42 Å². The minimum atomic E-state index is -3.40. The topological polar surface area (TPSA) is 62.3 Å². The standard InChI is InChI=1S/C13H21N3O2S2/c1-3-5-14-13-9-12(4-6-15-13)20(17,18)16-7-8-19-11(2)10-16/h4,6,9,11H,3,5,7-8,10H2,1-2H3,(H,14,15). The summed E-state index contributed by atoms with van der Waals surface area (Å²) in [6.45, 7) is 6.06. The number of rotatable bonds is 5. The molecule has 2 heterocycles. The van der Waals surface area contributed by atoms with Gasteiger partial charge in [0.05, 0.1) is 4.90 Å². The van der Waals surface area contributed by atoms with E-state index in [1.54, 1.807) is 22.6 Å². The van der Waals surface area contributed by atoms with Gasteiger partial charge in [-0.15, -0.1) is 0 Å². The minimum Gasteiger partial charge on any atom is -0.370 e. The SMILES string of the molecule is CCCNc1cc(S(=O)(=O)N2CCSC(C)C2)ccn1. The zero-order valence-corrected chi connectivity index (χ0v) is 13.5. The predicted octanol–water partition coefficient (Wildman–Crippen LogP) is 2.03. The molecule has 0 aliphatic carbocycles. The maximum Gasteiger partial charge on any atom is 0.243 e.